The molecule has 0 aliphatic carbocycles. The lowest BCUT2D eigenvalue weighted by molar-refractivity contribution is -0.140. The Morgan fingerprint density at radius 1 is 0.537 bits per heavy atom. The van der Waals surface area contributed by atoms with Crippen molar-refractivity contribution in [3.63, 3.8) is 0 Å². The van der Waals surface area contributed by atoms with Gasteiger partial charge in [0.2, 0.25) is 59.1 Å². The predicted molar refractivity (Wildman–Crippen MR) is 312 cm³/mol. The van der Waals surface area contributed by atoms with Gasteiger partial charge in [-0.25, -0.2) is 0 Å². The molecule has 10 amide bonds. The number of carbonyl (C=O) groups excluding carboxylic acids is 10. The van der Waals surface area contributed by atoms with Crippen LogP contribution in [0.1, 0.15) is 188 Å². The molecule has 0 spiro atoms. The number of nitrogens with zero attached hydrogens (tertiary/aromatic N) is 1. The molecule has 0 rings (SSSR count). The van der Waals surface area contributed by atoms with Crippen LogP contribution in [0, 0.1) is 23.7 Å². The highest BCUT2D eigenvalue weighted by molar-refractivity contribution is 6.00. The summed E-state index contributed by atoms with van der Waals surface area (Å²) >= 11 is 0. The van der Waals surface area contributed by atoms with E-state index in [0.29, 0.717) is 13.0 Å². The second-order valence-corrected chi connectivity index (χ2v) is 24.7. The number of hydrogen-bond acceptors (Lipinski definition) is 12. The molecule has 0 aromatic heterocycles. The van der Waals surface area contributed by atoms with E-state index in [-0.39, 0.29) is 61.9 Å². The summed E-state index contributed by atoms with van der Waals surface area (Å²) in [6.07, 6.45) is 8.29. The number of rotatable bonds is 38. The van der Waals surface area contributed by atoms with Crippen LogP contribution >= 0.6 is 0 Å². The van der Waals surface area contributed by atoms with Crippen LogP contribution in [0.2, 0.25) is 0 Å². The molecule has 0 saturated heterocycles. The summed E-state index contributed by atoms with van der Waals surface area (Å²) in [7, 11) is 3.78. The van der Waals surface area contributed by atoms with Crippen LogP contribution in [-0.2, 0) is 47.9 Å². The second kappa shape index (κ2) is 36.0. The van der Waals surface area contributed by atoms with Gasteiger partial charge in [-0.2, -0.15) is 0 Å². The molecule has 0 fully saturated rings. The zero-order valence-electron chi connectivity index (χ0n) is 52.2. The summed E-state index contributed by atoms with van der Waals surface area (Å²) in [5.41, 5.74) is -4.82. The van der Waals surface area contributed by atoms with Gasteiger partial charge in [0.25, 0.3) is 0 Å². The molecule has 0 saturated carbocycles. The number of nitrogens with one attached hydrogen (secondary N) is 10. The molecule has 0 unspecified atom stereocenters. The molecule has 0 aromatic rings. The zero-order valence-corrected chi connectivity index (χ0v) is 52.2. The molecule has 11 N–H and O–H groups in total. The van der Waals surface area contributed by atoms with Crippen molar-refractivity contribution in [2.75, 3.05) is 27.2 Å². The highest BCUT2D eigenvalue weighted by Crippen LogP contribution is 2.17. The van der Waals surface area contributed by atoms with E-state index in [0.717, 1.165) is 38.5 Å². The van der Waals surface area contributed by atoms with Crippen molar-refractivity contribution in [3.05, 3.63) is 12.2 Å². The van der Waals surface area contributed by atoms with Gasteiger partial charge in [-0.3, -0.25) is 47.9 Å². The van der Waals surface area contributed by atoms with Crippen LogP contribution < -0.4 is 53.2 Å². The summed E-state index contributed by atoms with van der Waals surface area (Å²) in [4.78, 5) is 138. The summed E-state index contributed by atoms with van der Waals surface area (Å²) < 4.78 is 0. The maximum Gasteiger partial charge on any atom is 0.246 e. The standard InChI is InChI=1S/C58H107N11O11/c1-20-22-23-24-25-26-27-41(62-48(73)40(11)61-44(70)29-28-38(9)21-2)49(74)65-46(47(72)37(7)8)52(77)67-57(14,15)54(79)64-42(32-35(3)4)50(75)63-43(33-36(5)6)51(76)66-58(16,17)55(80)68-56(12,13)53(78)59-31-30-45(71)60-39(10)34-69(18)19/h28-29,35-43,46-47,72H,20-27,30-34H2,1-19H3,(H,59,78)(H,60,71)(H,61,70)(H,62,73)(H,63,75)(H,64,79)(H,65,74)(H,66,76)(H,67,77)(H,68,80)/b29-28+/t38-,39-,40-,41-,42-,43-,46-,47+/m0/s1. The Morgan fingerprint density at radius 2 is 1.04 bits per heavy atom. The van der Waals surface area contributed by atoms with Crippen molar-refractivity contribution in [1.29, 1.82) is 0 Å². The van der Waals surface area contributed by atoms with Crippen LogP contribution in [0.5, 0.6) is 0 Å². The quantitative estimate of drug-likeness (QED) is 0.0314. The number of aliphatic hydroxyl groups excluding tert-OH is 1. The van der Waals surface area contributed by atoms with E-state index in [2.05, 4.69) is 60.1 Å². The molecular formula is C58H107N11O11. The predicted octanol–water partition coefficient (Wildman–Crippen LogP) is 3.15. The van der Waals surface area contributed by atoms with Gasteiger partial charge in [-0.05, 0) is 118 Å². The van der Waals surface area contributed by atoms with Crippen molar-refractivity contribution < 1.29 is 53.1 Å². The van der Waals surface area contributed by atoms with E-state index in [1.54, 1.807) is 19.9 Å². The molecule has 460 valence electrons. The number of amides is 10. The largest absolute Gasteiger partial charge is 0.390 e. The normalized spacial score (nSPS) is 15.2. The number of allylic oxidation sites excluding steroid dienone is 1. The number of carbonyl (C=O) groups is 10. The van der Waals surface area contributed by atoms with Gasteiger partial charge in [-0.15, -0.1) is 0 Å². The summed E-state index contributed by atoms with van der Waals surface area (Å²) in [6.45, 7) is 29.3. The smallest absolute Gasteiger partial charge is 0.246 e. The number of likely N-dealkylation sites (N-methyl/N-ethyl adjacent to an activating group) is 1. The topological polar surface area (TPSA) is 314 Å². The molecule has 80 heavy (non-hydrogen) atoms. The van der Waals surface area contributed by atoms with E-state index in [1.807, 2.05) is 67.5 Å². The number of unbranched alkanes of at least 4 members (excludes halogenated alkanes) is 5. The molecular weight excluding hydrogens is 1030 g/mol. The van der Waals surface area contributed by atoms with Crippen LogP contribution in [0.25, 0.3) is 0 Å². The summed E-state index contributed by atoms with van der Waals surface area (Å²) in [5.74, 6) is -7.21. The lowest BCUT2D eigenvalue weighted by Crippen LogP contribution is -2.66. The van der Waals surface area contributed by atoms with E-state index < -0.39 is 112 Å². The fourth-order valence-corrected chi connectivity index (χ4v) is 8.21. The molecule has 0 bridgehead atoms. The van der Waals surface area contributed by atoms with Gasteiger partial charge in [0.1, 0.15) is 46.8 Å². The Hall–Kier alpha value is -5.64. The molecule has 0 aromatic carbocycles. The minimum Gasteiger partial charge on any atom is -0.390 e. The molecule has 0 aliphatic heterocycles. The average Bonchev–Trinajstić information content (AvgIpc) is 3.33. The molecule has 22 heteroatoms. The first kappa shape index (κ1) is 74.4. The van der Waals surface area contributed by atoms with Gasteiger partial charge >= 0.3 is 0 Å². The molecule has 0 heterocycles. The summed E-state index contributed by atoms with van der Waals surface area (Å²) in [6, 6.07) is -6.29. The lowest BCUT2D eigenvalue weighted by Gasteiger charge is -2.34. The van der Waals surface area contributed by atoms with Gasteiger partial charge in [0.05, 0.1) is 6.10 Å². The van der Waals surface area contributed by atoms with Crippen molar-refractivity contribution in [1.82, 2.24) is 58.1 Å². The molecule has 0 aliphatic rings. The minimum atomic E-state index is -1.76. The maximum absolute atomic E-state index is 14.2. The third-order valence-electron chi connectivity index (χ3n) is 13.4. The molecule has 8 atom stereocenters. The number of aliphatic hydroxyl groups is 1. The Morgan fingerprint density at radius 3 is 1.57 bits per heavy atom. The van der Waals surface area contributed by atoms with Gasteiger partial charge in [-0.1, -0.05) is 113 Å². The molecule has 0 radical (unpaired) electrons. The highest BCUT2D eigenvalue weighted by Gasteiger charge is 2.41. The lowest BCUT2D eigenvalue weighted by atomic mass is 9.95. The van der Waals surface area contributed by atoms with E-state index in [4.69, 9.17) is 0 Å². The Kier molecular flexibility index (Phi) is 33.4. The van der Waals surface area contributed by atoms with Gasteiger partial charge in [0.15, 0.2) is 0 Å². The first-order valence-corrected chi connectivity index (χ1v) is 29.0. The first-order valence-electron chi connectivity index (χ1n) is 29.0. The van der Waals surface area contributed by atoms with Crippen LogP contribution in [0.3, 0.4) is 0 Å². The van der Waals surface area contributed by atoms with E-state index in [1.165, 1.54) is 54.5 Å². The Balaban J connectivity index is 6.37. The fraction of sp³-hybridized carbons (Fsp3) is 0.793. The van der Waals surface area contributed by atoms with Crippen LogP contribution in [0.15, 0.2) is 12.2 Å². The Labute approximate surface area is 479 Å². The second-order valence-electron chi connectivity index (χ2n) is 24.7. The Bertz CT molecular complexity index is 2060. The van der Waals surface area contributed by atoms with Gasteiger partial charge in [0, 0.05) is 25.6 Å². The number of hydrogen-bond donors (Lipinski definition) is 11. The minimum absolute atomic E-state index is 0.0197. The third kappa shape index (κ3) is 29.2. The SMILES string of the molecule is CCCCCCCC[C@H](NC(=O)[C@H](C)NC(=O)/C=C/[C@@H](C)CC)C(=O)N[C@H](C(=O)NC(C)(C)C(=O)N[C@@H](CC(C)C)C(=O)N[C@@H](CC(C)C)C(=O)NC(C)(C)C(=O)NC(C)(C)C(=O)NCCC(=O)N[C@@H](C)CN(C)C)[C@H](O)C(C)C. The van der Waals surface area contributed by atoms with Crippen molar-refractivity contribution in [2.45, 2.75) is 247 Å². The van der Waals surface area contributed by atoms with Gasteiger partial charge < -0.3 is 63.2 Å². The highest BCUT2D eigenvalue weighted by atomic mass is 16.3. The van der Waals surface area contributed by atoms with Crippen molar-refractivity contribution >= 4 is 59.1 Å². The van der Waals surface area contributed by atoms with E-state index >= 15 is 0 Å². The molecule has 22 nitrogen and oxygen atoms in total. The zero-order chi connectivity index (χ0) is 61.9. The van der Waals surface area contributed by atoms with Crippen molar-refractivity contribution in [3.8, 4) is 0 Å². The monoisotopic (exact) mass is 1130 g/mol. The average molecular weight is 1130 g/mol. The first-order chi connectivity index (χ1) is 36.9. The third-order valence-corrected chi connectivity index (χ3v) is 13.4. The summed E-state index contributed by atoms with van der Waals surface area (Å²) in [5, 5.41) is 38.4. The maximum atomic E-state index is 14.2. The van der Waals surface area contributed by atoms with Crippen molar-refractivity contribution in [2.24, 2.45) is 23.7 Å². The van der Waals surface area contributed by atoms with Crippen LogP contribution in [-0.4, -0.2) is 155 Å². The van der Waals surface area contributed by atoms with E-state index in [9.17, 15) is 53.1 Å². The van der Waals surface area contributed by atoms with Crippen LogP contribution in [0.4, 0.5) is 0 Å². The fourth-order valence-electron chi connectivity index (χ4n) is 8.21.